The maximum Gasteiger partial charge on any atom is 0.238 e. The van der Waals surface area contributed by atoms with Crippen molar-refractivity contribution in [2.24, 2.45) is 0 Å². The van der Waals surface area contributed by atoms with Crippen molar-refractivity contribution in [3.05, 3.63) is 65.7 Å². The topological polar surface area (TPSA) is 40.6 Å². The summed E-state index contributed by atoms with van der Waals surface area (Å²) in [7, 11) is 1.82. The standard InChI is InChI=1S/C23H26N2O2/c1-24-20-13-7-6-12-19(20)23(22(24)27,16-18-10-4-2-5-11-18)17-21(26)25-14-8-3-9-15-25/h2,4-7,10-13H,3,8-9,14-17H2,1H3/t23-/m1/s1. The lowest BCUT2D eigenvalue weighted by molar-refractivity contribution is -0.137. The van der Waals surface area contributed by atoms with Gasteiger partial charge in [-0.15, -0.1) is 0 Å². The summed E-state index contributed by atoms with van der Waals surface area (Å²) >= 11 is 0. The monoisotopic (exact) mass is 362 g/mol. The Morgan fingerprint density at radius 1 is 0.963 bits per heavy atom. The zero-order valence-corrected chi connectivity index (χ0v) is 15.9. The molecule has 2 aromatic carbocycles. The van der Waals surface area contributed by atoms with E-state index in [1.807, 2.05) is 66.5 Å². The molecule has 1 atom stereocenters. The van der Waals surface area contributed by atoms with Gasteiger partial charge in [0.2, 0.25) is 11.8 Å². The summed E-state index contributed by atoms with van der Waals surface area (Å²) < 4.78 is 0. The van der Waals surface area contributed by atoms with Gasteiger partial charge in [-0.05, 0) is 42.9 Å². The molecular weight excluding hydrogens is 336 g/mol. The number of benzene rings is 2. The number of hydrogen-bond donors (Lipinski definition) is 0. The summed E-state index contributed by atoms with van der Waals surface area (Å²) in [5.41, 5.74) is 2.17. The molecule has 0 spiro atoms. The number of nitrogens with zero attached hydrogens (tertiary/aromatic N) is 2. The highest BCUT2D eigenvalue weighted by Crippen LogP contribution is 2.45. The number of rotatable bonds is 4. The molecule has 2 heterocycles. The molecule has 2 aromatic rings. The fraction of sp³-hybridized carbons (Fsp3) is 0.391. The molecule has 4 heteroatoms. The largest absolute Gasteiger partial charge is 0.343 e. The quantitative estimate of drug-likeness (QED) is 0.835. The highest BCUT2D eigenvalue weighted by Gasteiger charge is 2.51. The second-order valence-corrected chi connectivity index (χ2v) is 7.74. The van der Waals surface area contributed by atoms with Crippen molar-refractivity contribution in [3.63, 3.8) is 0 Å². The summed E-state index contributed by atoms with van der Waals surface area (Å²) in [6.45, 7) is 1.62. The molecule has 27 heavy (non-hydrogen) atoms. The zero-order chi connectivity index (χ0) is 18.9. The molecule has 1 fully saturated rings. The molecule has 0 radical (unpaired) electrons. The van der Waals surface area contributed by atoms with E-state index in [0.29, 0.717) is 6.42 Å². The number of carbonyl (C=O) groups excluding carboxylic acids is 2. The lowest BCUT2D eigenvalue weighted by Crippen LogP contribution is -2.46. The Morgan fingerprint density at radius 3 is 2.37 bits per heavy atom. The molecule has 2 aliphatic rings. The van der Waals surface area contributed by atoms with Crippen LogP contribution in [0.1, 0.15) is 36.8 Å². The third-order valence-corrected chi connectivity index (χ3v) is 6.01. The van der Waals surface area contributed by atoms with Crippen LogP contribution in [0.5, 0.6) is 0 Å². The Labute approximate surface area is 160 Å². The van der Waals surface area contributed by atoms with Crippen LogP contribution in [0.2, 0.25) is 0 Å². The van der Waals surface area contributed by atoms with E-state index in [1.54, 1.807) is 4.90 Å². The van der Waals surface area contributed by atoms with E-state index in [1.165, 1.54) is 6.42 Å². The Hall–Kier alpha value is -2.62. The molecule has 4 nitrogen and oxygen atoms in total. The fourth-order valence-corrected chi connectivity index (χ4v) is 4.58. The van der Waals surface area contributed by atoms with Crippen LogP contribution in [0.15, 0.2) is 54.6 Å². The van der Waals surface area contributed by atoms with Gasteiger partial charge in [-0.3, -0.25) is 9.59 Å². The van der Waals surface area contributed by atoms with E-state index in [4.69, 9.17) is 0 Å². The van der Waals surface area contributed by atoms with Crippen molar-refractivity contribution in [2.75, 3.05) is 25.0 Å². The third kappa shape index (κ3) is 3.14. The Bertz CT molecular complexity index is 842. The maximum atomic E-state index is 13.5. The van der Waals surface area contributed by atoms with Gasteiger partial charge in [0.25, 0.3) is 0 Å². The molecule has 0 N–H and O–H groups in total. The van der Waals surface area contributed by atoms with Gasteiger partial charge in [-0.1, -0.05) is 48.5 Å². The first-order chi connectivity index (χ1) is 13.1. The van der Waals surface area contributed by atoms with Crippen LogP contribution in [-0.4, -0.2) is 36.9 Å². The number of carbonyl (C=O) groups is 2. The third-order valence-electron chi connectivity index (χ3n) is 6.01. The van der Waals surface area contributed by atoms with Crippen molar-refractivity contribution in [1.29, 1.82) is 0 Å². The molecule has 0 bridgehead atoms. The van der Waals surface area contributed by atoms with Crippen molar-refractivity contribution in [2.45, 2.75) is 37.5 Å². The Balaban J connectivity index is 1.74. The van der Waals surface area contributed by atoms with Crippen LogP contribution in [0.3, 0.4) is 0 Å². The molecule has 0 aliphatic carbocycles. The summed E-state index contributed by atoms with van der Waals surface area (Å²) in [5.74, 6) is 0.127. The SMILES string of the molecule is CN1C(=O)[C@@](CC(=O)N2CCCCC2)(Cc2ccccc2)c2ccccc21. The minimum absolute atomic E-state index is 0.0258. The number of piperidine rings is 1. The number of hydrogen-bond acceptors (Lipinski definition) is 2. The summed E-state index contributed by atoms with van der Waals surface area (Å²) in [4.78, 5) is 30.3. The first-order valence-corrected chi connectivity index (χ1v) is 9.81. The van der Waals surface area contributed by atoms with Crippen LogP contribution >= 0.6 is 0 Å². The molecule has 1 saturated heterocycles. The minimum Gasteiger partial charge on any atom is -0.343 e. The van der Waals surface area contributed by atoms with E-state index in [-0.39, 0.29) is 18.2 Å². The van der Waals surface area contributed by atoms with E-state index in [2.05, 4.69) is 0 Å². The van der Waals surface area contributed by atoms with Crippen LogP contribution in [0, 0.1) is 0 Å². The van der Waals surface area contributed by atoms with E-state index < -0.39 is 5.41 Å². The highest BCUT2D eigenvalue weighted by atomic mass is 16.2. The van der Waals surface area contributed by atoms with Gasteiger partial charge in [0.05, 0.1) is 5.41 Å². The minimum atomic E-state index is -0.818. The van der Waals surface area contributed by atoms with Crippen LogP contribution < -0.4 is 4.90 Å². The van der Waals surface area contributed by atoms with Gasteiger partial charge in [0.15, 0.2) is 0 Å². The molecule has 0 saturated carbocycles. The molecule has 0 unspecified atom stereocenters. The molecule has 4 rings (SSSR count). The predicted octanol–water partition coefficient (Wildman–Crippen LogP) is 3.55. The average molecular weight is 362 g/mol. The Morgan fingerprint density at radius 2 is 1.63 bits per heavy atom. The van der Waals surface area contributed by atoms with Gasteiger partial charge in [0.1, 0.15) is 0 Å². The van der Waals surface area contributed by atoms with Crippen LogP contribution in [0.25, 0.3) is 0 Å². The molecule has 2 aliphatic heterocycles. The van der Waals surface area contributed by atoms with E-state index in [9.17, 15) is 9.59 Å². The van der Waals surface area contributed by atoms with Gasteiger partial charge < -0.3 is 9.80 Å². The number of likely N-dealkylation sites (tertiary alicyclic amines) is 1. The Kier molecular flexibility index (Phi) is 4.73. The van der Waals surface area contributed by atoms with Crippen LogP contribution in [0.4, 0.5) is 5.69 Å². The first kappa shape index (κ1) is 17.8. The lowest BCUT2D eigenvalue weighted by atomic mass is 9.73. The number of likely N-dealkylation sites (N-methyl/N-ethyl adjacent to an activating group) is 1. The smallest absolute Gasteiger partial charge is 0.238 e. The predicted molar refractivity (Wildman–Crippen MR) is 107 cm³/mol. The van der Waals surface area contributed by atoms with E-state index in [0.717, 1.165) is 42.7 Å². The number of fused-ring (bicyclic) bond motifs is 1. The van der Waals surface area contributed by atoms with E-state index >= 15 is 0 Å². The van der Waals surface area contributed by atoms with Crippen molar-refractivity contribution >= 4 is 17.5 Å². The molecule has 2 amide bonds. The zero-order valence-electron chi connectivity index (χ0n) is 15.9. The molecule has 0 aromatic heterocycles. The maximum absolute atomic E-state index is 13.5. The first-order valence-electron chi connectivity index (χ1n) is 9.81. The van der Waals surface area contributed by atoms with Crippen molar-refractivity contribution in [1.82, 2.24) is 4.90 Å². The molecule has 140 valence electrons. The normalized spacial score (nSPS) is 22.0. The van der Waals surface area contributed by atoms with Gasteiger partial charge in [-0.2, -0.15) is 0 Å². The van der Waals surface area contributed by atoms with Gasteiger partial charge >= 0.3 is 0 Å². The second kappa shape index (κ2) is 7.18. The lowest BCUT2D eigenvalue weighted by Gasteiger charge is -2.33. The summed E-state index contributed by atoms with van der Waals surface area (Å²) in [5, 5.41) is 0. The van der Waals surface area contributed by atoms with Crippen molar-refractivity contribution in [3.8, 4) is 0 Å². The number of anilines is 1. The number of amides is 2. The summed E-state index contributed by atoms with van der Waals surface area (Å²) in [6, 6.07) is 18.0. The van der Waals surface area contributed by atoms with Crippen molar-refractivity contribution < 1.29 is 9.59 Å². The average Bonchev–Trinajstić information content (AvgIpc) is 2.92. The van der Waals surface area contributed by atoms with Crippen LogP contribution in [-0.2, 0) is 21.4 Å². The highest BCUT2D eigenvalue weighted by molar-refractivity contribution is 6.09. The summed E-state index contributed by atoms with van der Waals surface area (Å²) in [6.07, 6.45) is 4.09. The fourth-order valence-electron chi connectivity index (χ4n) is 4.58. The van der Waals surface area contributed by atoms with Gasteiger partial charge in [0, 0.05) is 32.2 Å². The number of para-hydroxylation sites is 1. The molecular formula is C23H26N2O2. The van der Waals surface area contributed by atoms with Gasteiger partial charge in [-0.25, -0.2) is 0 Å². The second-order valence-electron chi connectivity index (χ2n) is 7.74.